The van der Waals surface area contributed by atoms with E-state index in [2.05, 4.69) is 14.9 Å². The predicted molar refractivity (Wildman–Crippen MR) is 76.2 cm³/mol. The van der Waals surface area contributed by atoms with Crippen molar-refractivity contribution in [3.8, 4) is 0 Å². The first-order valence-corrected chi connectivity index (χ1v) is 7.32. The van der Waals surface area contributed by atoms with Crippen molar-refractivity contribution in [1.82, 2.24) is 9.97 Å². The minimum absolute atomic E-state index is 0.0854. The molecule has 2 saturated heterocycles. The summed E-state index contributed by atoms with van der Waals surface area (Å²) in [4.78, 5) is 24.4. The number of nitrogens with zero attached hydrogens (tertiary/aromatic N) is 4. The van der Waals surface area contributed by atoms with Crippen molar-refractivity contribution in [2.75, 3.05) is 48.5 Å². The van der Waals surface area contributed by atoms with E-state index in [9.17, 15) is 4.79 Å². The van der Waals surface area contributed by atoms with Gasteiger partial charge in [0.2, 0.25) is 5.91 Å². The number of hydrogen-bond donors (Lipinski definition) is 0. The van der Waals surface area contributed by atoms with Gasteiger partial charge in [0.1, 0.15) is 18.0 Å². The maximum absolute atomic E-state index is 12.0. The fraction of sp³-hybridized carbons (Fsp3) is 0.615. The predicted octanol–water partition coefficient (Wildman–Crippen LogP) is 0.905. The molecule has 7 heteroatoms. The molecule has 0 aliphatic carbocycles. The molecule has 6 nitrogen and oxygen atoms in total. The van der Waals surface area contributed by atoms with E-state index >= 15 is 0 Å². The second-order valence-electron chi connectivity index (χ2n) is 5.06. The SMILES string of the molecule is O=C1CC(CCl)CN1c1cc(N2CCOCC2)ncn1. The maximum Gasteiger partial charge on any atom is 0.228 e. The molecule has 2 aliphatic rings. The maximum atomic E-state index is 12.0. The van der Waals surface area contributed by atoms with Gasteiger partial charge in [-0.1, -0.05) is 0 Å². The van der Waals surface area contributed by atoms with Crippen LogP contribution < -0.4 is 9.80 Å². The largest absolute Gasteiger partial charge is 0.378 e. The van der Waals surface area contributed by atoms with E-state index < -0.39 is 0 Å². The van der Waals surface area contributed by atoms with E-state index in [0.717, 1.165) is 18.9 Å². The molecule has 0 saturated carbocycles. The van der Waals surface area contributed by atoms with Gasteiger partial charge in [-0.05, 0) is 5.92 Å². The normalized spacial score (nSPS) is 23.4. The number of amides is 1. The first-order chi connectivity index (χ1) is 9.78. The first-order valence-electron chi connectivity index (χ1n) is 6.79. The minimum Gasteiger partial charge on any atom is -0.378 e. The zero-order valence-corrected chi connectivity index (χ0v) is 11.9. The van der Waals surface area contributed by atoms with Crippen LogP contribution in [0.1, 0.15) is 6.42 Å². The average Bonchev–Trinajstić information content (AvgIpc) is 2.89. The number of aromatic nitrogens is 2. The Hall–Kier alpha value is -1.40. The summed E-state index contributed by atoms with van der Waals surface area (Å²) in [7, 11) is 0. The van der Waals surface area contributed by atoms with Crippen LogP contribution in [0.2, 0.25) is 0 Å². The summed E-state index contributed by atoms with van der Waals surface area (Å²) in [5.74, 6) is 2.32. The number of alkyl halides is 1. The standard InChI is InChI=1S/C13H17ClN4O2/c14-7-10-5-13(19)18(8-10)12-6-11(15-9-16-12)17-1-3-20-4-2-17/h6,9-10H,1-5,7-8H2. The molecule has 1 unspecified atom stereocenters. The number of halogens is 1. The molecular weight excluding hydrogens is 280 g/mol. The summed E-state index contributed by atoms with van der Waals surface area (Å²) in [6.07, 6.45) is 2.02. The van der Waals surface area contributed by atoms with Crippen LogP contribution >= 0.6 is 11.6 Å². The molecule has 0 bridgehead atoms. The van der Waals surface area contributed by atoms with Crippen LogP contribution in [-0.2, 0) is 9.53 Å². The van der Waals surface area contributed by atoms with E-state index in [1.165, 1.54) is 6.33 Å². The molecular formula is C13H17ClN4O2. The Balaban J connectivity index is 1.78. The minimum atomic E-state index is 0.0854. The molecule has 0 aromatic carbocycles. The number of rotatable bonds is 3. The van der Waals surface area contributed by atoms with Crippen LogP contribution in [-0.4, -0.2) is 54.6 Å². The third kappa shape index (κ3) is 2.71. The molecule has 108 valence electrons. The molecule has 0 spiro atoms. The van der Waals surface area contributed by atoms with Gasteiger partial charge < -0.3 is 9.64 Å². The molecule has 3 heterocycles. The van der Waals surface area contributed by atoms with Gasteiger partial charge in [-0.3, -0.25) is 9.69 Å². The van der Waals surface area contributed by atoms with Gasteiger partial charge in [0.25, 0.3) is 0 Å². The molecule has 20 heavy (non-hydrogen) atoms. The van der Waals surface area contributed by atoms with Gasteiger partial charge in [0, 0.05) is 38.0 Å². The van der Waals surface area contributed by atoms with Gasteiger partial charge in [-0.2, -0.15) is 0 Å². The van der Waals surface area contributed by atoms with Crippen molar-refractivity contribution in [1.29, 1.82) is 0 Å². The van der Waals surface area contributed by atoms with Gasteiger partial charge in [-0.25, -0.2) is 9.97 Å². The van der Waals surface area contributed by atoms with Crippen molar-refractivity contribution >= 4 is 29.1 Å². The van der Waals surface area contributed by atoms with E-state index in [4.69, 9.17) is 16.3 Å². The Labute approximate surface area is 122 Å². The molecule has 2 fully saturated rings. The highest BCUT2D eigenvalue weighted by Crippen LogP contribution is 2.26. The molecule has 2 aliphatic heterocycles. The van der Waals surface area contributed by atoms with Gasteiger partial charge in [-0.15, -0.1) is 11.6 Å². The number of hydrogen-bond acceptors (Lipinski definition) is 5. The summed E-state index contributed by atoms with van der Waals surface area (Å²) in [6.45, 7) is 3.68. The number of morpholine rings is 1. The van der Waals surface area contributed by atoms with Crippen LogP contribution in [0.4, 0.5) is 11.6 Å². The monoisotopic (exact) mass is 296 g/mol. The highest BCUT2D eigenvalue weighted by atomic mass is 35.5. The topological polar surface area (TPSA) is 58.6 Å². The van der Waals surface area contributed by atoms with Crippen LogP contribution in [0.5, 0.6) is 0 Å². The molecule has 0 radical (unpaired) electrons. The van der Waals surface area contributed by atoms with Crippen LogP contribution in [0.25, 0.3) is 0 Å². The van der Waals surface area contributed by atoms with E-state index in [1.54, 1.807) is 4.90 Å². The van der Waals surface area contributed by atoms with Crippen molar-refractivity contribution in [3.63, 3.8) is 0 Å². The Kier molecular flexibility index (Phi) is 4.03. The second-order valence-corrected chi connectivity index (χ2v) is 5.37. The highest BCUT2D eigenvalue weighted by molar-refractivity contribution is 6.18. The number of carbonyl (C=O) groups excluding carboxylic acids is 1. The van der Waals surface area contributed by atoms with Gasteiger partial charge in [0.15, 0.2) is 0 Å². The third-order valence-electron chi connectivity index (χ3n) is 3.67. The van der Waals surface area contributed by atoms with Crippen molar-refractivity contribution in [3.05, 3.63) is 12.4 Å². The lowest BCUT2D eigenvalue weighted by Crippen LogP contribution is -2.37. The van der Waals surface area contributed by atoms with E-state index in [-0.39, 0.29) is 11.8 Å². The first kappa shape index (κ1) is 13.6. The van der Waals surface area contributed by atoms with Crippen molar-refractivity contribution in [2.45, 2.75) is 6.42 Å². The lowest BCUT2D eigenvalue weighted by molar-refractivity contribution is -0.117. The quantitative estimate of drug-likeness (QED) is 0.776. The second kappa shape index (κ2) is 5.93. The van der Waals surface area contributed by atoms with Crippen LogP contribution in [0, 0.1) is 5.92 Å². The lowest BCUT2D eigenvalue weighted by atomic mass is 10.1. The fourth-order valence-electron chi connectivity index (χ4n) is 2.56. The summed E-state index contributed by atoms with van der Waals surface area (Å²) < 4.78 is 5.33. The van der Waals surface area contributed by atoms with Crippen molar-refractivity contribution < 1.29 is 9.53 Å². The molecule has 0 N–H and O–H groups in total. The fourth-order valence-corrected chi connectivity index (χ4v) is 2.76. The van der Waals surface area contributed by atoms with Gasteiger partial charge in [0.05, 0.1) is 13.2 Å². The molecule has 1 atom stereocenters. The Morgan fingerprint density at radius 1 is 1.30 bits per heavy atom. The average molecular weight is 297 g/mol. The number of anilines is 2. The highest BCUT2D eigenvalue weighted by Gasteiger charge is 2.31. The molecule has 1 aromatic rings. The Bertz CT molecular complexity index is 493. The molecule has 1 amide bonds. The Morgan fingerprint density at radius 3 is 2.75 bits per heavy atom. The third-order valence-corrected chi connectivity index (χ3v) is 4.11. The Morgan fingerprint density at radius 2 is 2.05 bits per heavy atom. The summed E-state index contributed by atoms with van der Waals surface area (Å²) >= 11 is 5.85. The van der Waals surface area contributed by atoms with E-state index in [0.29, 0.717) is 37.9 Å². The summed E-state index contributed by atoms with van der Waals surface area (Å²) in [5.41, 5.74) is 0. The van der Waals surface area contributed by atoms with Crippen LogP contribution in [0.15, 0.2) is 12.4 Å². The van der Waals surface area contributed by atoms with Crippen LogP contribution in [0.3, 0.4) is 0 Å². The summed E-state index contributed by atoms with van der Waals surface area (Å²) in [6, 6.07) is 1.87. The van der Waals surface area contributed by atoms with Crippen molar-refractivity contribution in [2.24, 2.45) is 5.92 Å². The zero-order chi connectivity index (χ0) is 13.9. The number of ether oxygens (including phenoxy) is 1. The smallest absolute Gasteiger partial charge is 0.228 e. The van der Waals surface area contributed by atoms with E-state index in [1.807, 2.05) is 6.07 Å². The number of carbonyl (C=O) groups is 1. The van der Waals surface area contributed by atoms with Gasteiger partial charge >= 0.3 is 0 Å². The lowest BCUT2D eigenvalue weighted by Gasteiger charge is -2.28. The molecule has 1 aromatic heterocycles. The molecule has 3 rings (SSSR count). The zero-order valence-electron chi connectivity index (χ0n) is 11.2. The summed E-state index contributed by atoms with van der Waals surface area (Å²) in [5, 5.41) is 0.